The van der Waals surface area contributed by atoms with E-state index in [1.807, 2.05) is 78.9 Å². The summed E-state index contributed by atoms with van der Waals surface area (Å²) in [5, 5.41) is 6.03. The molecular formula is C34H37N5O3. The van der Waals surface area contributed by atoms with Gasteiger partial charge in [0, 0.05) is 37.4 Å². The van der Waals surface area contributed by atoms with E-state index < -0.39 is 0 Å². The lowest BCUT2D eigenvalue weighted by molar-refractivity contribution is -0.122. The average molecular weight is 564 g/mol. The van der Waals surface area contributed by atoms with Crippen LogP contribution in [0.15, 0.2) is 97.1 Å². The van der Waals surface area contributed by atoms with Crippen molar-refractivity contribution < 1.29 is 14.3 Å². The summed E-state index contributed by atoms with van der Waals surface area (Å²) < 4.78 is 5.23. The molecule has 0 bridgehead atoms. The Morgan fingerprint density at radius 3 is 2.19 bits per heavy atom. The van der Waals surface area contributed by atoms with Crippen LogP contribution in [0.2, 0.25) is 0 Å². The molecule has 4 aromatic rings. The van der Waals surface area contributed by atoms with Gasteiger partial charge in [-0.05, 0) is 78.7 Å². The Hall–Kier alpha value is -4.66. The predicted molar refractivity (Wildman–Crippen MR) is 169 cm³/mol. The molecule has 1 saturated heterocycles. The van der Waals surface area contributed by atoms with E-state index in [-0.39, 0.29) is 17.9 Å². The van der Waals surface area contributed by atoms with Crippen molar-refractivity contribution in [2.45, 2.75) is 12.5 Å². The third kappa shape index (κ3) is 7.15. The Kier molecular flexibility index (Phi) is 9.16. The number of hydrogen-bond acceptors (Lipinski definition) is 6. The molecular weight excluding hydrogens is 526 g/mol. The standard InChI is InChI=1S/C34H37N5O3/c1-38-18-20-39(21-19-38)32(34(41)36-28-13-15-29(42-2)16-14-28)22-24-8-10-26(11-9-24)33(40)37-31-23-27(12-17-30(31)35)25-6-4-3-5-7-25/h3-17,23,32H,18-22,35H2,1-2H3,(H,36,41)(H,37,40). The molecule has 8 nitrogen and oxygen atoms in total. The normalized spacial score (nSPS) is 14.6. The van der Waals surface area contributed by atoms with Gasteiger partial charge in [-0.15, -0.1) is 0 Å². The van der Waals surface area contributed by atoms with Crippen molar-refractivity contribution >= 4 is 28.9 Å². The summed E-state index contributed by atoms with van der Waals surface area (Å²) in [7, 11) is 3.71. The van der Waals surface area contributed by atoms with E-state index in [1.54, 1.807) is 25.3 Å². The maximum atomic E-state index is 13.5. The number of nitrogens with two attached hydrogens (primary N) is 1. The summed E-state index contributed by atoms with van der Waals surface area (Å²) in [5.74, 6) is 0.436. The van der Waals surface area contributed by atoms with Crippen LogP contribution in [0.5, 0.6) is 5.75 Å². The molecule has 216 valence electrons. The summed E-state index contributed by atoms with van der Waals surface area (Å²) >= 11 is 0. The third-order valence-corrected chi connectivity index (χ3v) is 7.69. The highest BCUT2D eigenvalue weighted by Gasteiger charge is 2.29. The van der Waals surface area contributed by atoms with Crippen molar-refractivity contribution in [1.82, 2.24) is 9.80 Å². The smallest absolute Gasteiger partial charge is 0.255 e. The van der Waals surface area contributed by atoms with Gasteiger partial charge >= 0.3 is 0 Å². The summed E-state index contributed by atoms with van der Waals surface area (Å²) in [6, 6.07) is 30.0. The second-order valence-corrected chi connectivity index (χ2v) is 10.6. The van der Waals surface area contributed by atoms with Crippen LogP contribution in [-0.2, 0) is 11.2 Å². The molecule has 1 aliphatic heterocycles. The van der Waals surface area contributed by atoms with Crippen molar-refractivity contribution in [3.05, 3.63) is 108 Å². The molecule has 8 heteroatoms. The summed E-state index contributed by atoms with van der Waals surface area (Å²) in [6.07, 6.45) is 0.527. The van der Waals surface area contributed by atoms with Gasteiger partial charge < -0.3 is 26.0 Å². The molecule has 42 heavy (non-hydrogen) atoms. The molecule has 1 heterocycles. The van der Waals surface area contributed by atoms with Gasteiger partial charge in [-0.1, -0.05) is 48.5 Å². The van der Waals surface area contributed by atoms with E-state index >= 15 is 0 Å². The average Bonchev–Trinajstić information content (AvgIpc) is 3.02. The van der Waals surface area contributed by atoms with Gasteiger partial charge in [-0.25, -0.2) is 0 Å². The topological polar surface area (TPSA) is 99.9 Å². The lowest BCUT2D eigenvalue weighted by Gasteiger charge is -2.37. The van der Waals surface area contributed by atoms with Crippen LogP contribution < -0.4 is 21.1 Å². The number of anilines is 3. The molecule has 0 spiro atoms. The van der Waals surface area contributed by atoms with Crippen LogP contribution in [0.3, 0.4) is 0 Å². The van der Waals surface area contributed by atoms with Gasteiger partial charge in [-0.2, -0.15) is 0 Å². The number of benzene rings is 4. The first-order valence-corrected chi connectivity index (χ1v) is 14.1. The fourth-order valence-corrected chi connectivity index (χ4v) is 5.11. The van der Waals surface area contributed by atoms with Gasteiger partial charge in [0.1, 0.15) is 5.75 Å². The van der Waals surface area contributed by atoms with Crippen LogP contribution in [0.1, 0.15) is 15.9 Å². The predicted octanol–water partition coefficient (Wildman–Crippen LogP) is 4.99. The SMILES string of the molecule is COc1ccc(NC(=O)C(Cc2ccc(C(=O)Nc3cc(-c4ccccc4)ccc3N)cc2)N2CCN(C)CC2)cc1. The third-order valence-electron chi connectivity index (χ3n) is 7.69. The van der Waals surface area contributed by atoms with Gasteiger partial charge in [0.15, 0.2) is 0 Å². The fourth-order valence-electron chi connectivity index (χ4n) is 5.11. The zero-order chi connectivity index (χ0) is 29.5. The molecule has 0 aliphatic carbocycles. The van der Waals surface area contributed by atoms with Crippen molar-refractivity contribution in [3.63, 3.8) is 0 Å². The van der Waals surface area contributed by atoms with Gasteiger partial charge in [0.2, 0.25) is 5.91 Å². The van der Waals surface area contributed by atoms with Crippen molar-refractivity contribution in [2.75, 3.05) is 56.7 Å². The van der Waals surface area contributed by atoms with Crippen LogP contribution >= 0.6 is 0 Å². The lowest BCUT2D eigenvalue weighted by Crippen LogP contribution is -2.53. The van der Waals surface area contributed by atoms with E-state index in [0.29, 0.717) is 23.4 Å². The Morgan fingerprint density at radius 1 is 0.833 bits per heavy atom. The van der Waals surface area contributed by atoms with Gasteiger partial charge in [0.25, 0.3) is 5.91 Å². The molecule has 4 N–H and O–H groups in total. The zero-order valence-electron chi connectivity index (χ0n) is 24.0. The van der Waals surface area contributed by atoms with E-state index in [1.165, 1.54) is 0 Å². The zero-order valence-corrected chi connectivity index (χ0v) is 24.0. The number of carbonyl (C=O) groups is 2. The molecule has 1 aliphatic rings. The number of ether oxygens (including phenoxy) is 1. The number of nitrogens with one attached hydrogen (secondary N) is 2. The number of nitrogens with zero attached hydrogens (tertiary/aromatic N) is 2. The maximum Gasteiger partial charge on any atom is 0.255 e. The Bertz CT molecular complexity index is 1500. The number of methoxy groups -OCH3 is 1. The first-order chi connectivity index (χ1) is 20.4. The molecule has 1 fully saturated rings. The minimum atomic E-state index is -0.346. The highest BCUT2D eigenvalue weighted by molar-refractivity contribution is 6.06. The van der Waals surface area contributed by atoms with Crippen molar-refractivity contribution in [1.29, 1.82) is 0 Å². The first kappa shape index (κ1) is 28.9. The van der Waals surface area contributed by atoms with Gasteiger partial charge in [-0.3, -0.25) is 14.5 Å². The lowest BCUT2D eigenvalue weighted by atomic mass is 10.0. The number of hydrogen-bond donors (Lipinski definition) is 3. The highest BCUT2D eigenvalue weighted by atomic mass is 16.5. The molecule has 0 radical (unpaired) electrons. The van der Waals surface area contributed by atoms with Crippen LogP contribution in [0, 0.1) is 0 Å². The number of carbonyl (C=O) groups excluding carboxylic acids is 2. The summed E-state index contributed by atoms with van der Waals surface area (Å²) in [4.78, 5) is 31.2. The number of likely N-dealkylation sites (N-methyl/N-ethyl adjacent to an activating group) is 1. The molecule has 0 aromatic heterocycles. The molecule has 0 saturated carbocycles. The Morgan fingerprint density at radius 2 is 1.52 bits per heavy atom. The van der Waals surface area contributed by atoms with E-state index in [9.17, 15) is 9.59 Å². The maximum absolute atomic E-state index is 13.5. The molecule has 5 rings (SSSR count). The van der Waals surface area contributed by atoms with Crippen LogP contribution in [0.4, 0.5) is 17.1 Å². The van der Waals surface area contributed by atoms with Crippen molar-refractivity contribution in [2.24, 2.45) is 0 Å². The van der Waals surface area contributed by atoms with Crippen LogP contribution in [-0.4, -0.2) is 68.0 Å². The number of nitrogen functional groups attached to an aromatic ring is 1. The van der Waals surface area contributed by atoms with Crippen molar-refractivity contribution in [3.8, 4) is 16.9 Å². The monoisotopic (exact) mass is 563 g/mol. The second kappa shape index (κ2) is 13.3. The van der Waals surface area contributed by atoms with E-state index in [4.69, 9.17) is 10.5 Å². The molecule has 4 aromatic carbocycles. The first-order valence-electron chi connectivity index (χ1n) is 14.1. The highest BCUT2D eigenvalue weighted by Crippen LogP contribution is 2.28. The quantitative estimate of drug-likeness (QED) is 0.248. The Balaban J connectivity index is 1.28. The number of amides is 2. The van der Waals surface area contributed by atoms with Crippen LogP contribution in [0.25, 0.3) is 11.1 Å². The second-order valence-electron chi connectivity index (χ2n) is 10.6. The minimum absolute atomic E-state index is 0.0553. The Labute approximate surface area is 247 Å². The fraction of sp³-hybridized carbons (Fsp3) is 0.235. The minimum Gasteiger partial charge on any atom is -0.497 e. The van der Waals surface area contributed by atoms with E-state index in [0.717, 1.165) is 54.3 Å². The van der Waals surface area contributed by atoms with Gasteiger partial charge in [0.05, 0.1) is 24.5 Å². The summed E-state index contributed by atoms with van der Waals surface area (Å²) in [5.41, 5.74) is 11.5. The molecule has 1 unspecified atom stereocenters. The number of piperazine rings is 1. The number of rotatable bonds is 9. The molecule has 2 amide bonds. The van der Waals surface area contributed by atoms with E-state index in [2.05, 4.69) is 27.5 Å². The largest absolute Gasteiger partial charge is 0.497 e. The summed E-state index contributed by atoms with van der Waals surface area (Å²) in [6.45, 7) is 3.42. The molecule has 1 atom stereocenters.